The summed E-state index contributed by atoms with van der Waals surface area (Å²) in [6.07, 6.45) is 9.48. The van der Waals surface area contributed by atoms with Crippen molar-refractivity contribution in [2.24, 2.45) is 0 Å². The molecule has 0 amide bonds. The van der Waals surface area contributed by atoms with Gasteiger partial charge in [0.05, 0.1) is 24.2 Å². The summed E-state index contributed by atoms with van der Waals surface area (Å²) in [6.45, 7) is 7.52. The lowest BCUT2D eigenvalue weighted by Crippen LogP contribution is -2.13. The first kappa shape index (κ1) is 73.8. The summed E-state index contributed by atoms with van der Waals surface area (Å²) >= 11 is 21.7. The molecule has 107 heavy (non-hydrogen) atoms. The maximum Gasteiger partial charge on any atom is 0.235 e. The first-order valence-electron chi connectivity index (χ1n) is 34.0. The molecule has 4 aliphatic rings. The summed E-state index contributed by atoms with van der Waals surface area (Å²) in [5, 5.41) is 54.8. The maximum atomic E-state index is 14.2. The van der Waals surface area contributed by atoms with Gasteiger partial charge in [0.15, 0.2) is 23.3 Å². The van der Waals surface area contributed by atoms with Crippen LogP contribution in [0.3, 0.4) is 0 Å². The second-order valence-electron chi connectivity index (χ2n) is 25.8. The molecule has 4 aromatic carbocycles. The molecule has 0 spiro atoms. The highest BCUT2D eigenvalue weighted by atomic mass is 79.9. The Morgan fingerprint density at radius 2 is 0.636 bits per heavy atom. The first-order valence-corrected chi connectivity index (χ1v) is 36.0. The number of anilines is 16. The zero-order valence-corrected chi connectivity index (χ0v) is 61.6. The predicted octanol–water partition coefficient (Wildman–Crippen LogP) is 15.0. The number of halogens is 7. The number of benzene rings is 4. The van der Waals surface area contributed by atoms with Crippen molar-refractivity contribution >= 4 is 145 Å². The van der Waals surface area contributed by atoms with Gasteiger partial charge in [-0.25, -0.2) is 13.2 Å². The van der Waals surface area contributed by atoms with E-state index in [1.807, 2.05) is 76.2 Å². The smallest absolute Gasteiger partial charge is 0.235 e. The molecule has 0 aliphatic heterocycles. The number of hydrogen-bond acceptors (Lipinski definition) is 28. The fourth-order valence-corrected chi connectivity index (χ4v) is 12.3. The van der Waals surface area contributed by atoms with Gasteiger partial charge in [0.2, 0.25) is 71.4 Å². The quantitative estimate of drug-likeness (QED) is 0.0267. The van der Waals surface area contributed by atoms with Gasteiger partial charge in [-0.1, -0.05) is 87.1 Å². The van der Waals surface area contributed by atoms with E-state index in [4.69, 9.17) is 57.7 Å². The van der Waals surface area contributed by atoms with Crippen LogP contribution in [0.1, 0.15) is 172 Å². The molecule has 554 valence electrons. The van der Waals surface area contributed by atoms with Crippen LogP contribution >= 0.6 is 50.7 Å². The van der Waals surface area contributed by atoms with Crippen molar-refractivity contribution in [3.8, 4) is 0 Å². The van der Waals surface area contributed by atoms with Crippen LogP contribution in [0.5, 0.6) is 0 Å². The van der Waals surface area contributed by atoms with Gasteiger partial charge in [-0.3, -0.25) is 20.4 Å². The molecule has 8 heterocycles. The van der Waals surface area contributed by atoms with Gasteiger partial charge in [-0.2, -0.15) is 80.2 Å². The third-order valence-corrected chi connectivity index (χ3v) is 18.6. The maximum absolute atomic E-state index is 14.2. The van der Waals surface area contributed by atoms with Gasteiger partial charge < -0.3 is 65.5 Å². The van der Waals surface area contributed by atoms with Crippen LogP contribution < -0.4 is 65.5 Å². The van der Waals surface area contributed by atoms with E-state index in [0.717, 1.165) is 28.3 Å². The minimum absolute atomic E-state index is 0.0523. The van der Waals surface area contributed by atoms with Crippen molar-refractivity contribution in [1.29, 1.82) is 0 Å². The molecular formula is C68H73BrCl3F3N32. The number of H-pyrrole nitrogens is 4. The molecule has 4 aliphatic carbocycles. The lowest BCUT2D eigenvalue weighted by Gasteiger charge is -2.16. The highest BCUT2D eigenvalue weighted by molar-refractivity contribution is 9.10. The SMILES string of the molecule is CC(Nc1nc(N)nc(Nc2cc(C3CC3)[nH]n2)n1)c1ccc(Br)cc1F.CC(Nc1nc(N)nc(Nc2cc(C3CC3)[nH]n2)n1)c1ccccc1Cl.C[C@@H](Nc1nc(N)nc(Nc2cc(C3CC3)[nH]n2)n1)c1ccc(F)cc1Cl.C[C@H](Nc1nc(N)nc(Nc2cc(C3CC3)[nH]n2)n1)c1ccc(F)cc1Cl. The number of aromatic amines is 4. The normalized spacial score (nSPS) is 14.8. The zero-order chi connectivity index (χ0) is 75.0. The van der Waals surface area contributed by atoms with E-state index >= 15 is 0 Å². The summed E-state index contributed by atoms with van der Waals surface area (Å²) in [7, 11) is 0. The van der Waals surface area contributed by atoms with Gasteiger partial charge in [-0.15, -0.1) is 0 Å². The van der Waals surface area contributed by atoms with Crippen LogP contribution in [0.15, 0.2) is 108 Å². The molecule has 2 unspecified atom stereocenters. The Balaban J connectivity index is 0.000000126. The number of nitrogens with zero attached hydrogens (tertiary/aromatic N) is 16. The molecule has 4 saturated carbocycles. The monoisotopic (exact) mass is 1580 g/mol. The summed E-state index contributed by atoms with van der Waals surface area (Å²) in [5.41, 5.74) is 30.5. The summed E-state index contributed by atoms with van der Waals surface area (Å²) in [4.78, 5) is 50.1. The van der Waals surface area contributed by atoms with E-state index in [-0.39, 0.29) is 89.5 Å². The Hall–Kier alpha value is -11.5. The van der Waals surface area contributed by atoms with Crippen LogP contribution in [-0.4, -0.2) is 101 Å². The lowest BCUT2D eigenvalue weighted by atomic mass is 10.1. The van der Waals surface area contributed by atoms with E-state index in [9.17, 15) is 13.2 Å². The summed E-state index contributed by atoms with van der Waals surface area (Å²) < 4.78 is 41.3. The molecule has 0 saturated heterocycles. The number of nitrogens with two attached hydrogens (primary N) is 4. The average molecular weight is 1580 g/mol. The van der Waals surface area contributed by atoms with E-state index in [0.29, 0.717) is 95.1 Å². The highest BCUT2D eigenvalue weighted by Crippen LogP contribution is 2.43. The predicted molar refractivity (Wildman–Crippen MR) is 409 cm³/mol. The topological polar surface area (TPSA) is 470 Å². The zero-order valence-electron chi connectivity index (χ0n) is 57.7. The molecule has 4 atom stereocenters. The van der Waals surface area contributed by atoms with Gasteiger partial charge in [0.1, 0.15) is 17.5 Å². The Kier molecular flexibility index (Phi) is 22.7. The minimum atomic E-state index is -0.392. The van der Waals surface area contributed by atoms with Crippen molar-refractivity contribution in [3.63, 3.8) is 0 Å². The average Bonchev–Trinajstić information content (AvgIpc) is 1.81. The molecule has 8 aromatic heterocycles. The second kappa shape index (κ2) is 32.9. The van der Waals surface area contributed by atoms with E-state index < -0.39 is 11.6 Å². The van der Waals surface area contributed by atoms with Crippen LogP contribution in [0.25, 0.3) is 0 Å². The molecule has 0 radical (unpaired) electrons. The van der Waals surface area contributed by atoms with Crippen LogP contribution in [0.2, 0.25) is 15.1 Å². The Morgan fingerprint density at radius 3 is 0.925 bits per heavy atom. The fourth-order valence-electron chi connectivity index (χ4n) is 11.0. The fraction of sp³-hybridized carbons (Fsp3) is 0.294. The third-order valence-electron chi connectivity index (χ3n) is 17.1. The van der Waals surface area contributed by atoms with Crippen molar-refractivity contribution in [1.82, 2.24) is 101 Å². The second-order valence-corrected chi connectivity index (χ2v) is 27.9. The molecular weight excluding hydrogens is 1510 g/mol. The van der Waals surface area contributed by atoms with Gasteiger partial charge in [-0.05, 0) is 138 Å². The molecule has 4 fully saturated rings. The van der Waals surface area contributed by atoms with Gasteiger partial charge in [0, 0.05) is 95.8 Å². The lowest BCUT2D eigenvalue weighted by molar-refractivity contribution is 0.598. The van der Waals surface area contributed by atoms with Gasteiger partial charge >= 0.3 is 0 Å². The van der Waals surface area contributed by atoms with E-state index in [1.165, 1.54) is 81.7 Å². The Morgan fingerprint density at radius 1 is 0.355 bits per heavy atom. The number of nitrogen functional groups attached to an aromatic ring is 4. The third kappa shape index (κ3) is 20.5. The first-order chi connectivity index (χ1) is 51.5. The molecule has 12 aromatic rings. The molecule has 16 rings (SSSR count). The minimum Gasteiger partial charge on any atom is -0.368 e. The van der Waals surface area contributed by atoms with Crippen molar-refractivity contribution < 1.29 is 13.2 Å². The summed E-state index contributed by atoms with van der Waals surface area (Å²) in [6, 6.07) is 27.8. The Labute approximate surface area is 633 Å². The molecule has 20 N–H and O–H groups in total. The van der Waals surface area contributed by atoms with E-state index in [2.05, 4.69) is 159 Å². The van der Waals surface area contributed by atoms with Crippen LogP contribution in [0, 0.1) is 17.5 Å². The highest BCUT2D eigenvalue weighted by Gasteiger charge is 2.29. The van der Waals surface area contributed by atoms with Crippen molar-refractivity contribution in [3.05, 3.63) is 185 Å². The Bertz CT molecular complexity index is 4710. The van der Waals surface area contributed by atoms with E-state index in [1.54, 1.807) is 24.3 Å². The van der Waals surface area contributed by atoms with Crippen molar-refractivity contribution in [2.45, 2.75) is 127 Å². The number of nitrogens with one attached hydrogen (secondary N) is 12. The standard InChI is InChI=1S/C17H18BrFN8.2C17H18ClFN8.C17H19ClN8/c1-8(11-5-4-10(18)6-12(11)19)21-16-23-15(20)24-17(25-16)22-14-7-13(26-27-14)9-2-3-9;2*1-8(11-5-4-10(19)6-12(11)18)21-16-23-15(20)24-17(25-16)22-14-7-13(26-27-14)9-2-3-9;1-9(11-4-2-3-5-12(11)18)20-16-22-15(19)23-17(24-16)21-14-8-13(25-26-14)10-6-7-10/h3*4-9H,2-3H2,1H3,(H5,20,21,22,23,24,25,26,27);2-5,8-10H,6-7H2,1H3,(H5,19,20,21,22,23,24,25,26)/t;2*8-;/m.10./s1. The van der Waals surface area contributed by atoms with Crippen LogP contribution in [-0.2, 0) is 0 Å². The van der Waals surface area contributed by atoms with Crippen LogP contribution in [0.4, 0.5) is 108 Å². The number of rotatable bonds is 24. The molecule has 39 heteroatoms. The number of aromatic nitrogens is 20. The largest absolute Gasteiger partial charge is 0.368 e. The number of hydrogen-bond donors (Lipinski definition) is 16. The van der Waals surface area contributed by atoms with Gasteiger partial charge in [0.25, 0.3) is 0 Å². The molecule has 0 bridgehead atoms. The van der Waals surface area contributed by atoms with Crippen molar-refractivity contribution in [2.75, 3.05) is 65.5 Å². The summed E-state index contributed by atoms with van der Waals surface area (Å²) in [5.74, 6) is 6.28. The molecule has 32 nitrogen and oxygen atoms in total.